The van der Waals surface area contributed by atoms with Crippen LogP contribution in [0.1, 0.15) is 10.4 Å². The van der Waals surface area contributed by atoms with E-state index in [2.05, 4.69) is 32.4 Å². The van der Waals surface area contributed by atoms with Crippen molar-refractivity contribution in [1.29, 1.82) is 0 Å². The van der Waals surface area contributed by atoms with E-state index in [1.807, 2.05) is 0 Å². The van der Waals surface area contributed by atoms with E-state index in [1.54, 1.807) is 18.2 Å². The average molecular weight is 287 g/mol. The lowest BCUT2D eigenvalue weighted by Gasteiger charge is -2.32. The number of nitrogens with zero attached hydrogens (tertiary/aromatic N) is 4. The van der Waals surface area contributed by atoms with Crippen LogP contribution in [0, 0.1) is 0 Å². The highest BCUT2D eigenvalue weighted by Gasteiger charge is 2.15. The highest BCUT2D eigenvalue weighted by molar-refractivity contribution is 5.96. The van der Waals surface area contributed by atoms with Crippen LogP contribution in [0.25, 0.3) is 10.9 Å². The molecule has 0 aliphatic carbocycles. The molecule has 0 spiro atoms. The van der Waals surface area contributed by atoms with E-state index in [4.69, 9.17) is 5.11 Å². The predicted molar refractivity (Wildman–Crippen MR) is 79.2 cm³/mol. The van der Waals surface area contributed by atoms with Gasteiger partial charge in [0.1, 0.15) is 6.33 Å². The first-order valence-electron chi connectivity index (χ1n) is 6.82. The van der Waals surface area contributed by atoms with Gasteiger partial charge < -0.3 is 15.4 Å². The van der Waals surface area contributed by atoms with E-state index in [-0.39, 0.29) is 5.56 Å². The molecule has 2 N–H and O–H groups in total. The standard InChI is InChI=1S/C14H17N5O2/c1-18-4-6-19(7-5-18)17-13-11-3-2-10(14(20)21)8-12(11)15-9-16-13/h2-3,8-9H,4-7H2,1H3,(H,20,21)(H,15,16,17). The molecule has 1 aromatic heterocycles. The molecule has 2 aromatic rings. The Hall–Kier alpha value is -2.25. The summed E-state index contributed by atoms with van der Waals surface area (Å²) in [4.78, 5) is 21.7. The molecule has 1 aliphatic rings. The van der Waals surface area contributed by atoms with Gasteiger partial charge in [0, 0.05) is 31.6 Å². The minimum Gasteiger partial charge on any atom is -0.478 e. The normalized spacial score (nSPS) is 17.0. The number of rotatable bonds is 3. The fourth-order valence-electron chi connectivity index (χ4n) is 2.35. The van der Waals surface area contributed by atoms with Crippen LogP contribution in [-0.2, 0) is 0 Å². The molecule has 0 unspecified atom stereocenters. The van der Waals surface area contributed by atoms with Gasteiger partial charge in [-0.3, -0.25) is 0 Å². The monoisotopic (exact) mass is 287 g/mol. The number of aromatic carboxylic acids is 1. The first-order chi connectivity index (χ1) is 10.1. The molecule has 21 heavy (non-hydrogen) atoms. The number of benzene rings is 1. The van der Waals surface area contributed by atoms with E-state index in [9.17, 15) is 4.79 Å². The molecule has 1 fully saturated rings. The minimum absolute atomic E-state index is 0.228. The molecule has 0 radical (unpaired) electrons. The van der Waals surface area contributed by atoms with Gasteiger partial charge in [0.05, 0.1) is 11.1 Å². The van der Waals surface area contributed by atoms with Gasteiger partial charge >= 0.3 is 5.97 Å². The highest BCUT2D eigenvalue weighted by Crippen LogP contribution is 2.21. The van der Waals surface area contributed by atoms with Crippen LogP contribution in [0.15, 0.2) is 24.5 Å². The molecule has 2 heterocycles. The van der Waals surface area contributed by atoms with Crippen molar-refractivity contribution in [2.24, 2.45) is 0 Å². The molecule has 1 saturated heterocycles. The third-order valence-corrected chi connectivity index (χ3v) is 3.65. The lowest BCUT2D eigenvalue weighted by atomic mass is 10.1. The number of piperazine rings is 1. The van der Waals surface area contributed by atoms with Gasteiger partial charge in [0.15, 0.2) is 5.82 Å². The first kappa shape index (κ1) is 13.7. The van der Waals surface area contributed by atoms with Crippen LogP contribution in [0.5, 0.6) is 0 Å². The van der Waals surface area contributed by atoms with E-state index in [0.29, 0.717) is 11.3 Å². The van der Waals surface area contributed by atoms with Crippen molar-refractivity contribution >= 4 is 22.7 Å². The summed E-state index contributed by atoms with van der Waals surface area (Å²) in [7, 11) is 2.10. The van der Waals surface area contributed by atoms with E-state index in [1.165, 1.54) is 6.33 Å². The van der Waals surface area contributed by atoms with Gasteiger partial charge in [0.25, 0.3) is 0 Å². The Morgan fingerprint density at radius 1 is 1.24 bits per heavy atom. The molecule has 7 heteroatoms. The van der Waals surface area contributed by atoms with Crippen LogP contribution < -0.4 is 5.43 Å². The van der Waals surface area contributed by atoms with E-state index < -0.39 is 5.97 Å². The number of carboxylic acid groups (broad SMARTS) is 1. The fourth-order valence-corrected chi connectivity index (χ4v) is 2.35. The number of likely N-dealkylation sites (N-methyl/N-ethyl adjacent to an activating group) is 1. The largest absolute Gasteiger partial charge is 0.478 e. The van der Waals surface area contributed by atoms with Crippen LogP contribution in [0.2, 0.25) is 0 Å². The lowest BCUT2D eigenvalue weighted by molar-refractivity contribution is 0.0697. The summed E-state index contributed by atoms with van der Waals surface area (Å²) in [6, 6.07) is 4.88. The van der Waals surface area contributed by atoms with Crippen molar-refractivity contribution in [1.82, 2.24) is 19.9 Å². The lowest BCUT2D eigenvalue weighted by Crippen LogP contribution is -2.47. The summed E-state index contributed by atoms with van der Waals surface area (Å²) in [5.41, 5.74) is 4.16. The second-order valence-corrected chi connectivity index (χ2v) is 5.16. The quantitative estimate of drug-likeness (QED) is 0.868. The Kier molecular flexibility index (Phi) is 3.68. The summed E-state index contributed by atoms with van der Waals surface area (Å²) in [6.07, 6.45) is 1.45. The number of carbonyl (C=O) groups is 1. The van der Waals surface area contributed by atoms with Crippen molar-refractivity contribution in [3.05, 3.63) is 30.1 Å². The summed E-state index contributed by atoms with van der Waals surface area (Å²) in [5.74, 6) is -0.245. The van der Waals surface area contributed by atoms with Gasteiger partial charge in [-0.15, -0.1) is 0 Å². The van der Waals surface area contributed by atoms with Crippen LogP contribution in [0.4, 0.5) is 5.82 Å². The Morgan fingerprint density at radius 2 is 2.00 bits per heavy atom. The van der Waals surface area contributed by atoms with Gasteiger partial charge in [-0.25, -0.2) is 19.8 Å². The summed E-state index contributed by atoms with van der Waals surface area (Å²) in [6.45, 7) is 3.82. The highest BCUT2D eigenvalue weighted by atomic mass is 16.4. The molecule has 110 valence electrons. The Balaban J connectivity index is 1.87. The molecule has 1 aliphatic heterocycles. The molecule has 1 aromatic carbocycles. The number of aromatic nitrogens is 2. The SMILES string of the molecule is CN1CCN(Nc2ncnc3cc(C(=O)O)ccc23)CC1. The molecule has 3 rings (SSSR count). The topological polar surface area (TPSA) is 81.6 Å². The zero-order chi connectivity index (χ0) is 14.8. The van der Waals surface area contributed by atoms with Crippen molar-refractivity contribution in [2.45, 2.75) is 0 Å². The zero-order valence-corrected chi connectivity index (χ0v) is 11.8. The van der Waals surface area contributed by atoms with Crippen molar-refractivity contribution in [3.8, 4) is 0 Å². The summed E-state index contributed by atoms with van der Waals surface area (Å²) in [5, 5.41) is 12.0. The Bertz CT molecular complexity index is 667. The number of fused-ring (bicyclic) bond motifs is 1. The Labute approximate surface area is 122 Å². The van der Waals surface area contributed by atoms with Crippen LogP contribution in [0.3, 0.4) is 0 Å². The maximum atomic E-state index is 11.0. The van der Waals surface area contributed by atoms with Crippen LogP contribution in [-0.4, -0.2) is 64.2 Å². The number of carboxylic acids is 1. The Morgan fingerprint density at radius 3 is 2.71 bits per heavy atom. The maximum Gasteiger partial charge on any atom is 0.335 e. The predicted octanol–water partition coefficient (Wildman–Crippen LogP) is 0.902. The molecular weight excluding hydrogens is 270 g/mol. The van der Waals surface area contributed by atoms with Crippen molar-refractivity contribution in [3.63, 3.8) is 0 Å². The minimum atomic E-state index is -0.955. The zero-order valence-electron chi connectivity index (χ0n) is 11.8. The number of hydrogen-bond donors (Lipinski definition) is 2. The number of anilines is 1. The molecule has 0 atom stereocenters. The maximum absolute atomic E-state index is 11.0. The van der Waals surface area contributed by atoms with Gasteiger partial charge in [-0.1, -0.05) is 0 Å². The second kappa shape index (κ2) is 5.63. The van der Waals surface area contributed by atoms with Gasteiger partial charge in [-0.2, -0.15) is 0 Å². The van der Waals surface area contributed by atoms with Crippen LogP contribution >= 0.6 is 0 Å². The van der Waals surface area contributed by atoms with E-state index in [0.717, 1.165) is 31.6 Å². The number of hydrazine groups is 1. The second-order valence-electron chi connectivity index (χ2n) is 5.16. The summed E-state index contributed by atoms with van der Waals surface area (Å²) < 4.78 is 0. The average Bonchev–Trinajstić information content (AvgIpc) is 2.49. The van der Waals surface area contributed by atoms with Crippen molar-refractivity contribution in [2.75, 3.05) is 38.7 Å². The molecule has 0 amide bonds. The fraction of sp³-hybridized carbons (Fsp3) is 0.357. The molecule has 7 nitrogen and oxygen atoms in total. The molecule has 0 saturated carbocycles. The number of hydrogen-bond acceptors (Lipinski definition) is 6. The summed E-state index contributed by atoms with van der Waals surface area (Å²) >= 11 is 0. The number of nitrogens with one attached hydrogen (secondary N) is 1. The first-order valence-corrected chi connectivity index (χ1v) is 6.82. The molecule has 0 bridgehead atoms. The third-order valence-electron chi connectivity index (χ3n) is 3.65. The third kappa shape index (κ3) is 2.93. The van der Waals surface area contributed by atoms with Crippen molar-refractivity contribution < 1.29 is 9.90 Å². The van der Waals surface area contributed by atoms with Gasteiger partial charge in [0.2, 0.25) is 0 Å². The van der Waals surface area contributed by atoms with E-state index >= 15 is 0 Å². The van der Waals surface area contributed by atoms with Gasteiger partial charge in [-0.05, 0) is 25.2 Å². The smallest absolute Gasteiger partial charge is 0.335 e. The molecular formula is C14H17N5O2.